The van der Waals surface area contributed by atoms with Gasteiger partial charge in [-0.3, -0.25) is 4.79 Å². The van der Waals surface area contributed by atoms with E-state index in [9.17, 15) is 13.2 Å². The van der Waals surface area contributed by atoms with Crippen molar-refractivity contribution >= 4 is 27.5 Å². The van der Waals surface area contributed by atoms with E-state index in [0.29, 0.717) is 44.8 Å². The van der Waals surface area contributed by atoms with Gasteiger partial charge >= 0.3 is 0 Å². The predicted molar refractivity (Wildman–Crippen MR) is 97.4 cm³/mol. The topological polar surface area (TPSA) is 66.9 Å². The van der Waals surface area contributed by atoms with E-state index in [1.54, 1.807) is 11.0 Å². The van der Waals surface area contributed by atoms with Gasteiger partial charge < -0.3 is 9.64 Å². The van der Waals surface area contributed by atoms with Crippen molar-refractivity contribution in [3.8, 4) is 5.75 Å². The van der Waals surface area contributed by atoms with Crippen molar-refractivity contribution in [2.24, 2.45) is 5.92 Å². The molecule has 1 aliphatic heterocycles. The van der Waals surface area contributed by atoms with Gasteiger partial charge in [0.2, 0.25) is 15.9 Å². The fraction of sp³-hybridized carbons (Fsp3) is 0.588. The molecule has 140 valence electrons. The van der Waals surface area contributed by atoms with Crippen molar-refractivity contribution in [2.45, 2.75) is 31.6 Å². The molecule has 0 aliphatic carbocycles. The molecule has 0 N–H and O–H groups in total. The number of methoxy groups -OCH3 is 1. The van der Waals surface area contributed by atoms with Crippen LogP contribution in [-0.2, 0) is 14.8 Å². The molecule has 1 aromatic carbocycles. The van der Waals surface area contributed by atoms with E-state index in [-0.39, 0.29) is 21.7 Å². The van der Waals surface area contributed by atoms with Crippen LogP contribution >= 0.6 is 11.6 Å². The molecule has 1 saturated heterocycles. The van der Waals surface area contributed by atoms with Crippen LogP contribution in [-0.4, -0.2) is 56.8 Å². The van der Waals surface area contributed by atoms with Crippen molar-refractivity contribution in [1.82, 2.24) is 9.21 Å². The molecule has 8 heteroatoms. The Bertz CT molecular complexity index is 711. The summed E-state index contributed by atoms with van der Waals surface area (Å²) in [4.78, 5) is 14.4. The summed E-state index contributed by atoms with van der Waals surface area (Å²) < 4.78 is 32.1. The monoisotopic (exact) mass is 388 g/mol. The molecule has 0 saturated carbocycles. The van der Waals surface area contributed by atoms with Crippen molar-refractivity contribution < 1.29 is 17.9 Å². The van der Waals surface area contributed by atoms with Gasteiger partial charge in [-0.15, -0.1) is 0 Å². The number of ether oxygens (including phenoxy) is 1. The number of hydrogen-bond donors (Lipinski definition) is 0. The average Bonchev–Trinajstić information content (AvgIpc) is 2.62. The summed E-state index contributed by atoms with van der Waals surface area (Å²) >= 11 is 6.05. The van der Waals surface area contributed by atoms with Crippen LogP contribution in [0.2, 0.25) is 5.02 Å². The Morgan fingerprint density at radius 1 is 1.28 bits per heavy atom. The molecule has 1 aliphatic rings. The maximum Gasteiger partial charge on any atom is 0.243 e. The first kappa shape index (κ1) is 20.0. The molecule has 0 unspecified atom stereocenters. The van der Waals surface area contributed by atoms with E-state index in [1.165, 1.54) is 23.5 Å². The van der Waals surface area contributed by atoms with Crippen molar-refractivity contribution in [3.63, 3.8) is 0 Å². The fourth-order valence-electron chi connectivity index (χ4n) is 3.09. The molecular weight excluding hydrogens is 364 g/mol. The first-order chi connectivity index (χ1) is 11.8. The van der Waals surface area contributed by atoms with E-state index in [0.717, 1.165) is 0 Å². The molecule has 6 nitrogen and oxygen atoms in total. The summed E-state index contributed by atoms with van der Waals surface area (Å²) in [6.45, 7) is 5.94. The van der Waals surface area contributed by atoms with Crippen molar-refractivity contribution in [3.05, 3.63) is 23.2 Å². The molecule has 0 atom stereocenters. The van der Waals surface area contributed by atoms with Crippen LogP contribution in [0, 0.1) is 5.92 Å². The van der Waals surface area contributed by atoms with E-state index in [4.69, 9.17) is 16.3 Å². The normalized spacial score (nSPS) is 16.6. The third-order valence-corrected chi connectivity index (χ3v) is 6.83. The first-order valence-corrected chi connectivity index (χ1v) is 10.3. The second-order valence-corrected chi connectivity index (χ2v) is 8.33. The van der Waals surface area contributed by atoms with E-state index in [2.05, 4.69) is 0 Å². The van der Waals surface area contributed by atoms with Gasteiger partial charge in [0.05, 0.1) is 17.0 Å². The summed E-state index contributed by atoms with van der Waals surface area (Å²) in [6, 6.07) is 4.45. The van der Waals surface area contributed by atoms with Gasteiger partial charge in [0.1, 0.15) is 5.75 Å². The highest BCUT2D eigenvalue weighted by molar-refractivity contribution is 7.89. The molecule has 1 aromatic rings. The Hall–Kier alpha value is -1.31. The molecule has 0 aromatic heterocycles. The number of sulfonamides is 1. The summed E-state index contributed by atoms with van der Waals surface area (Å²) in [5, 5.41) is 0.259. The maximum atomic E-state index is 12.8. The number of amides is 1. The molecule has 0 radical (unpaired) electrons. The number of halogens is 1. The zero-order chi connectivity index (χ0) is 18.6. The van der Waals surface area contributed by atoms with Crippen LogP contribution in [0.25, 0.3) is 0 Å². The highest BCUT2D eigenvalue weighted by atomic mass is 35.5. The number of carbonyl (C=O) groups is 1. The standard InChI is InChI=1S/C17H25ClN2O4S/c1-4-19(5-2)17(21)13-8-10-20(11-9-13)25(22,23)14-6-7-16(24-3)15(18)12-14/h6-7,12-13H,4-5,8-11H2,1-3H3. The maximum absolute atomic E-state index is 12.8. The second-order valence-electron chi connectivity index (χ2n) is 5.99. The third-order valence-electron chi connectivity index (χ3n) is 4.64. The molecule has 1 heterocycles. The van der Waals surface area contributed by atoms with Gasteiger partial charge in [-0.2, -0.15) is 4.31 Å². The van der Waals surface area contributed by atoms with Gasteiger partial charge in [-0.25, -0.2) is 8.42 Å². The van der Waals surface area contributed by atoms with E-state index >= 15 is 0 Å². The summed E-state index contributed by atoms with van der Waals surface area (Å²) in [6.07, 6.45) is 1.08. The highest BCUT2D eigenvalue weighted by Crippen LogP contribution is 2.30. The molecule has 0 spiro atoms. The zero-order valence-corrected chi connectivity index (χ0v) is 16.4. The van der Waals surface area contributed by atoms with Crippen LogP contribution < -0.4 is 4.74 Å². The van der Waals surface area contributed by atoms with Crippen LogP contribution in [0.4, 0.5) is 0 Å². The van der Waals surface area contributed by atoms with Gasteiger partial charge in [0.15, 0.2) is 0 Å². The van der Waals surface area contributed by atoms with Gasteiger partial charge in [0, 0.05) is 32.1 Å². The largest absolute Gasteiger partial charge is 0.495 e. The van der Waals surface area contributed by atoms with Gasteiger partial charge in [-0.05, 0) is 44.9 Å². The second kappa shape index (κ2) is 8.38. The lowest BCUT2D eigenvalue weighted by Crippen LogP contribution is -2.44. The minimum Gasteiger partial charge on any atom is -0.495 e. The average molecular weight is 389 g/mol. The quantitative estimate of drug-likeness (QED) is 0.751. The molecule has 25 heavy (non-hydrogen) atoms. The lowest BCUT2D eigenvalue weighted by atomic mass is 9.96. The Morgan fingerprint density at radius 3 is 2.36 bits per heavy atom. The Balaban J connectivity index is 2.09. The Labute approximate surface area is 154 Å². The summed E-state index contributed by atoms with van der Waals surface area (Å²) in [7, 11) is -2.14. The molecule has 1 amide bonds. The Morgan fingerprint density at radius 2 is 1.88 bits per heavy atom. The molecule has 1 fully saturated rings. The number of rotatable bonds is 6. The van der Waals surface area contributed by atoms with Crippen LogP contribution in [0.5, 0.6) is 5.75 Å². The fourth-order valence-corrected chi connectivity index (χ4v) is 4.91. The lowest BCUT2D eigenvalue weighted by molar-refractivity contribution is -0.136. The minimum atomic E-state index is -3.62. The van der Waals surface area contributed by atoms with E-state index in [1.807, 2.05) is 13.8 Å². The smallest absolute Gasteiger partial charge is 0.243 e. The SMILES string of the molecule is CCN(CC)C(=O)C1CCN(S(=O)(=O)c2ccc(OC)c(Cl)c2)CC1. The van der Waals surface area contributed by atoms with Gasteiger partial charge in [0.25, 0.3) is 0 Å². The number of carbonyl (C=O) groups excluding carboxylic acids is 1. The third kappa shape index (κ3) is 4.27. The molecular formula is C17H25ClN2O4S. The predicted octanol–water partition coefficient (Wildman–Crippen LogP) is 2.62. The summed E-state index contributed by atoms with van der Waals surface area (Å²) in [5.41, 5.74) is 0. The summed E-state index contributed by atoms with van der Waals surface area (Å²) in [5.74, 6) is 0.449. The Kier molecular flexibility index (Phi) is 6.71. The number of nitrogens with zero attached hydrogens (tertiary/aromatic N) is 2. The first-order valence-electron chi connectivity index (χ1n) is 8.47. The van der Waals surface area contributed by atoms with Crippen molar-refractivity contribution in [2.75, 3.05) is 33.3 Å². The van der Waals surface area contributed by atoms with Crippen molar-refractivity contribution in [1.29, 1.82) is 0 Å². The van der Waals surface area contributed by atoms with Gasteiger partial charge in [-0.1, -0.05) is 11.6 Å². The number of hydrogen-bond acceptors (Lipinski definition) is 4. The van der Waals surface area contributed by atoms with Crippen LogP contribution in [0.15, 0.2) is 23.1 Å². The lowest BCUT2D eigenvalue weighted by Gasteiger charge is -2.33. The number of piperidine rings is 1. The molecule has 2 rings (SSSR count). The number of benzene rings is 1. The van der Waals surface area contributed by atoms with Crippen LogP contribution in [0.1, 0.15) is 26.7 Å². The van der Waals surface area contributed by atoms with Crippen LogP contribution in [0.3, 0.4) is 0 Å². The molecule has 0 bridgehead atoms. The highest BCUT2D eigenvalue weighted by Gasteiger charge is 2.33. The zero-order valence-electron chi connectivity index (χ0n) is 14.9. The minimum absolute atomic E-state index is 0.106. The van der Waals surface area contributed by atoms with E-state index < -0.39 is 10.0 Å².